The third-order valence-corrected chi connectivity index (χ3v) is 7.42. The van der Waals surface area contributed by atoms with Gasteiger partial charge in [-0.2, -0.15) is 13.2 Å². The molecule has 2 bridgehead atoms. The maximum Gasteiger partial charge on any atom is 0.416 e. The van der Waals surface area contributed by atoms with Crippen LogP contribution in [0.25, 0.3) is 0 Å². The van der Waals surface area contributed by atoms with E-state index in [0.29, 0.717) is 18.2 Å². The minimum absolute atomic E-state index is 0.0782. The van der Waals surface area contributed by atoms with E-state index in [0.717, 1.165) is 37.8 Å². The predicted octanol–water partition coefficient (Wildman–Crippen LogP) is 6.43. The molecular weight excluding hydrogens is 465 g/mol. The highest BCUT2D eigenvalue weighted by molar-refractivity contribution is 6.28. The number of benzene rings is 2. The molecule has 8 heteroatoms. The molecule has 2 aromatic rings. The third-order valence-electron chi connectivity index (χ3n) is 7.42. The van der Waals surface area contributed by atoms with Crippen molar-refractivity contribution in [1.29, 1.82) is 0 Å². The number of hydrogen-bond acceptors (Lipinski definition) is 3. The summed E-state index contributed by atoms with van der Waals surface area (Å²) < 4.78 is 70.2. The molecule has 2 aliphatic heterocycles. The fraction of sp³-hybridized carbons (Fsp3) is 0.407. The largest absolute Gasteiger partial charge is 0.416 e. The quantitative estimate of drug-likeness (QED) is 0.359. The molecule has 3 aliphatic rings. The zero-order valence-electron chi connectivity index (χ0n) is 19.1. The monoisotopic (exact) mass is 489 g/mol. The van der Waals surface area contributed by atoms with Crippen molar-refractivity contribution in [3.8, 4) is 0 Å². The molecule has 0 spiro atoms. The third kappa shape index (κ3) is 4.17. The van der Waals surface area contributed by atoms with Gasteiger partial charge >= 0.3 is 6.18 Å². The van der Waals surface area contributed by atoms with Gasteiger partial charge in [-0.05, 0) is 55.4 Å². The van der Waals surface area contributed by atoms with Crippen LogP contribution in [0.4, 0.5) is 27.6 Å². The molecule has 2 heterocycles. The van der Waals surface area contributed by atoms with Gasteiger partial charge in [-0.15, -0.1) is 0 Å². The molecule has 184 valence electrons. The first-order chi connectivity index (χ1) is 16.4. The van der Waals surface area contributed by atoms with Crippen LogP contribution in [-0.2, 0) is 29.7 Å². The first-order valence-corrected chi connectivity index (χ1v) is 11.7. The summed E-state index contributed by atoms with van der Waals surface area (Å²) in [7, 11) is 0. The Hall–Kier alpha value is -3.03. The average molecular weight is 489 g/mol. The Labute approximate surface area is 199 Å². The number of carbonyl (C=O) groups is 2. The summed E-state index contributed by atoms with van der Waals surface area (Å²) in [4.78, 5) is 28.1. The van der Waals surface area contributed by atoms with Gasteiger partial charge in [0.25, 0.3) is 5.92 Å². The lowest BCUT2D eigenvalue weighted by Crippen LogP contribution is -2.28. The predicted molar refractivity (Wildman–Crippen MR) is 121 cm³/mol. The highest BCUT2D eigenvalue weighted by Gasteiger charge is 2.41. The summed E-state index contributed by atoms with van der Waals surface area (Å²) in [5.41, 5.74) is -1.34. The molecule has 0 aromatic heterocycles. The van der Waals surface area contributed by atoms with Crippen molar-refractivity contribution in [1.82, 2.24) is 0 Å². The van der Waals surface area contributed by atoms with Crippen LogP contribution in [-0.4, -0.2) is 23.7 Å². The molecule has 2 saturated heterocycles. The Bertz CT molecular complexity index is 1220. The zero-order valence-corrected chi connectivity index (χ0v) is 19.1. The molecule has 2 fully saturated rings. The van der Waals surface area contributed by atoms with E-state index in [1.54, 1.807) is 6.07 Å². The van der Waals surface area contributed by atoms with E-state index in [4.69, 9.17) is 0 Å². The van der Waals surface area contributed by atoms with Gasteiger partial charge in [0.15, 0.2) is 11.6 Å². The lowest BCUT2D eigenvalue weighted by molar-refractivity contribution is -0.138. The molecule has 0 unspecified atom stereocenters. The van der Waals surface area contributed by atoms with Crippen molar-refractivity contribution >= 4 is 17.3 Å². The molecule has 5 rings (SSSR count). The first kappa shape index (κ1) is 23.7. The zero-order chi connectivity index (χ0) is 25.1. The normalized spacial score (nSPS) is 21.8. The number of allylic oxidation sites excluding steroid dienone is 2. The number of ketones is 2. The SMILES string of the molecule is CC(F)(F)c1cccc2c1C(=O)C(C(=O)Cc1ccc(N3C4CCC3CC4)cc1C(F)(F)F)=CC2. The summed E-state index contributed by atoms with van der Waals surface area (Å²) in [6.45, 7) is 0.666. The molecule has 1 aliphatic carbocycles. The van der Waals surface area contributed by atoms with Crippen molar-refractivity contribution in [2.45, 2.75) is 69.6 Å². The smallest absolute Gasteiger partial charge is 0.366 e. The molecule has 0 radical (unpaired) electrons. The number of nitrogens with zero attached hydrogens (tertiary/aromatic N) is 1. The van der Waals surface area contributed by atoms with Gasteiger partial charge in [0.2, 0.25) is 0 Å². The van der Waals surface area contributed by atoms with Gasteiger partial charge in [0.05, 0.1) is 11.1 Å². The second kappa shape index (κ2) is 8.28. The number of fused-ring (bicyclic) bond motifs is 3. The van der Waals surface area contributed by atoms with Crippen LogP contribution >= 0.6 is 0 Å². The summed E-state index contributed by atoms with van der Waals surface area (Å²) in [6, 6.07) is 8.58. The number of hydrogen-bond donors (Lipinski definition) is 0. The van der Waals surface area contributed by atoms with Gasteiger partial charge in [-0.3, -0.25) is 9.59 Å². The van der Waals surface area contributed by atoms with Gasteiger partial charge in [-0.25, -0.2) is 8.78 Å². The summed E-state index contributed by atoms with van der Waals surface area (Å²) >= 11 is 0. The van der Waals surface area contributed by atoms with Crippen LogP contribution in [0.5, 0.6) is 0 Å². The molecule has 0 atom stereocenters. The van der Waals surface area contributed by atoms with E-state index in [2.05, 4.69) is 4.90 Å². The van der Waals surface area contributed by atoms with E-state index >= 15 is 0 Å². The highest BCUT2D eigenvalue weighted by atomic mass is 19.4. The Kier molecular flexibility index (Phi) is 5.61. The minimum atomic E-state index is -4.68. The van der Waals surface area contributed by atoms with Crippen LogP contribution in [0.1, 0.15) is 65.2 Å². The molecule has 0 saturated carbocycles. The van der Waals surface area contributed by atoms with Crippen molar-refractivity contribution in [2.75, 3.05) is 4.90 Å². The van der Waals surface area contributed by atoms with Gasteiger partial charge < -0.3 is 4.90 Å². The number of carbonyl (C=O) groups excluding carboxylic acids is 2. The Balaban J connectivity index is 1.45. The van der Waals surface area contributed by atoms with E-state index in [1.807, 2.05) is 0 Å². The average Bonchev–Trinajstić information content (AvgIpc) is 3.38. The number of halogens is 5. The lowest BCUT2D eigenvalue weighted by Gasteiger charge is -2.26. The molecule has 35 heavy (non-hydrogen) atoms. The fourth-order valence-corrected chi connectivity index (χ4v) is 5.83. The topological polar surface area (TPSA) is 37.4 Å². The maximum absolute atomic E-state index is 14.1. The maximum atomic E-state index is 14.1. The van der Waals surface area contributed by atoms with Crippen LogP contribution in [0.2, 0.25) is 0 Å². The Morgan fingerprint density at radius 1 is 0.971 bits per heavy atom. The van der Waals surface area contributed by atoms with Gasteiger partial charge in [-0.1, -0.05) is 30.3 Å². The lowest BCUT2D eigenvalue weighted by atomic mass is 9.83. The minimum Gasteiger partial charge on any atom is -0.366 e. The van der Waals surface area contributed by atoms with E-state index in [9.17, 15) is 31.5 Å². The molecule has 0 N–H and O–H groups in total. The highest BCUT2D eigenvalue weighted by Crippen LogP contribution is 2.43. The van der Waals surface area contributed by atoms with Crippen LogP contribution < -0.4 is 4.90 Å². The fourth-order valence-electron chi connectivity index (χ4n) is 5.83. The molecule has 2 aromatic carbocycles. The molecule has 3 nitrogen and oxygen atoms in total. The van der Waals surface area contributed by atoms with E-state index in [-0.39, 0.29) is 35.2 Å². The Morgan fingerprint density at radius 2 is 1.63 bits per heavy atom. The number of alkyl halides is 5. The number of rotatable bonds is 5. The second-order valence-corrected chi connectivity index (χ2v) is 9.69. The second-order valence-electron chi connectivity index (χ2n) is 9.69. The number of Topliss-reactive ketones (excluding diaryl/α,β-unsaturated/α-hetero) is 2. The van der Waals surface area contributed by atoms with E-state index < -0.39 is 41.2 Å². The van der Waals surface area contributed by atoms with E-state index in [1.165, 1.54) is 24.3 Å². The van der Waals surface area contributed by atoms with Gasteiger partial charge in [0.1, 0.15) is 0 Å². The Morgan fingerprint density at radius 3 is 2.23 bits per heavy atom. The van der Waals surface area contributed by atoms with Crippen LogP contribution in [0.15, 0.2) is 48.0 Å². The standard InChI is InChI=1S/C27H24F5NO2/c1-26(28,29)21-4-2-3-15-6-12-20(25(35)24(15)21)23(34)13-16-5-7-19(14-22(16)27(30,31)32)33-17-8-9-18(33)11-10-17/h2-5,7,12,14,17-18H,6,8-11,13H2,1H3. The summed E-state index contributed by atoms with van der Waals surface area (Å²) in [5.74, 6) is -4.98. The van der Waals surface area contributed by atoms with Crippen molar-refractivity contribution < 1.29 is 31.5 Å². The van der Waals surface area contributed by atoms with Crippen LogP contribution in [0, 0.1) is 0 Å². The van der Waals surface area contributed by atoms with Gasteiger partial charge in [0, 0.05) is 42.2 Å². The summed E-state index contributed by atoms with van der Waals surface area (Å²) in [6.07, 6.45) is -0.0703. The van der Waals surface area contributed by atoms with Crippen LogP contribution in [0.3, 0.4) is 0 Å². The van der Waals surface area contributed by atoms with Crippen molar-refractivity contribution in [2.24, 2.45) is 0 Å². The number of anilines is 1. The molecule has 0 amide bonds. The summed E-state index contributed by atoms with van der Waals surface area (Å²) in [5, 5.41) is 0. The van der Waals surface area contributed by atoms with Crippen molar-refractivity contribution in [3.05, 3.63) is 75.9 Å². The van der Waals surface area contributed by atoms with Crippen molar-refractivity contribution in [3.63, 3.8) is 0 Å². The molecular formula is C27H24F5NO2. The first-order valence-electron chi connectivity index (χ1n) is 11.7.